The predicted octanol–water partition coefficient (Wildman–Crippen LogP) is 1.85. The molecular weight excluding hydrogens is 338 g/mol. The molecule has 102 valence electrons. The van der Waals surface area contributed by atoms with E-state index in [9.17, 15) is 8.42 Å². The monoisotopic (exact) mass is 353 g/mol. The van der Waals surface area contributed by atoms with Crippen LogP contribution in [0.3, 0.4) is 0 Å². The van der Waals surface area contributed by atoms with Crippen LogP contribution in [0.25, 0.3) is 0 Å². The second-order valence-electron chi connectivity index (χ2n) is 4.33. The second-order valence-corrected chi connectivity index (χ2v) is 8.49. The fourth-order valence-corrected chi connectivity index (χ4v) is 3.17. The van der Waals surface area contributed by atoms with Crippen LogP contribution in [0.2, 0.25) is 0 Å². The Morgan fingerprint density at radius 2 is 2.17 bits per heavy atom. The SMILES string of the molecule is CSC(C)(C)CNS(=O)(=O)c1cc(Br)cnc1N. The quantitative estimate of drug-likeness (QED) is 0.843. The first-order valence-corrected chi connectivity index (χ1v) is 8.64. The fraction of sp³-hybridized carbons (Fsp3) is 0.500. The highest BCUT2D eigenvalue weighted by Gasteiger charge is 2.23. The summed E-state index contributed by atoms with van der Waals surface area (Å²) < 4.78 is 27.1. The zero-order chi connectivity index (χ0) is 14.0. The van der Waals surface area contributed by atoms with Crippen molar-refractivity contribution in [3.8, 4) is 0 Å². The van der Waals surface area contributed by atoms with Crippen LogP contribution < -0.4 is 10.5 Å². The van der Waals surface area contributed by atoms with E-state index in [0.29, 0.717) is 11.0 Å². The van der Waals surface area contributed by atoms with E-state index in [1.54, 1.807) is 11.8 Å². The molecule has 1 aromatic heterocycles. The molecule has 0 aliphatic rings. The van der Waals surface area contributed by atoms with Gasteiger partial charge in [0.15, 0.2) is 0 Å². The molecule has 0 aliphatic carbocycles. The molecule has 0 fully saturated rings. The van der Waals surface area contributed by atoms with E-state index < -0.39 is 10.0 Å². The Morgan fingerprint density at radius 1 is 1.56 bits per heavy atom. The third kappa shape index (κ3) is 4.11. The van der Waals surface area contributed by atoms with Gasteiger partial charge in [-0.15, -0.1) is 0 Å². The van der Waals surface area contributed by atoms with Crippen molar-refractivity contribution >= 4 is 43.5 Å². The summed E-state index contributed by atoms with van der Waals surface area (Å²) in [5.41, 5.74) is 5.59. The molecule has 0 radical (unpaired) electrons. The summed E-state index contributed by atoms with van der Waals surface area (Å²) >= 11 is 4.77. The third-order valence-corrected chi connectivity index (χ3v) is 5.49. The molecule has 0 saturated carbocycles. The summed E-state index contributed by atoms with van der Waals surface area (Å²) in [5, 5.41) is 0. The van der Waals surface area contributed by atoms with Crippen LogP contribution in [-0.2, 0) is 10.0 Å². The lowest BCUT2D eigenvalue weighted by Crippen LogP contribution is -2.36. The zero-order valence-electron chi connectivity index (χ0n) is 10.4. The number of hydrogen-bond acceptors (Lipinski definition) is 5. The molecule has 3 N–H and O–H groups in total. The van der Waals surface area contributed by atoms with Crippen molar-refractivity contribution in [1.82, 2.24) is 9.71 Å². The fourth-order valence-electron chi connectivity index (χ4n) is 1.07. The lowest BCUT2D eigenvalue weighted by molar-refractivity contribution is 0.571. The van der Waals surface area contributed by atoms with Gasteiger partial charge in [-0.3, -0.25) is 0 Å². The van der Waals surface area contributed by atoms with Crippen molar-refractivity contribution in [2.45, 2.75) is 23.5 Å². The molecule has 18 heavy (non-hydrogen) atoms. The van der Waals surface area contributed by atoms with E-state index in [-0.39, 0.29) is 15.5 Å². The van der Waals surface area contributed by atoms with Crippen LogP contribution in [0.4, 0.5) is 5.82 Å². The van der Waals surface area contributed by atoms with Gasteiger partial charge in [0.05, 0.1) is 0 Å². The molecule has 8 heteroatoms. The van der Waals surface area contributed by atoms with Crippen LogP contribution in [0.15, 0.2) is 21.6 Å². The van der Waals surface area contributed by atoms with Gasteiger partial charge in [0.1, 0.15) is 10.7 Å². The highest BCUT2D eigenvalue weighted by atomic mass is 79.9. The van der Waals surface area contributed by atoms with Crippen LogP contribution in [0.5, 0.6) is 0 Å². The van der Waals surface area contributed by atoms with E-state index in [1.165, 1.54) is 12.3 Å². The second kappa shape index (κ2) is 5.77. The lowest BCUT2D eigenvalue weighted by Gasteiger charge is -2.22. The maximum atomic E-state index is 12.1. The van der Waals surface area contributed by atoms with E-state index in [1.807, 2.05) is 20.1 Å². The first-order valence-electron chi connectivity index (χ1n) is 5.14. The summed E-state index contributed by atoms with van der Waals surface area (Å²) in [6, 6.07) is 1.44. The molecule has 0 saturated heterocycles. The minimum Gasteiger partial charge on any atom is -0.383 e. The number of halogens is 1. The van der Waals surface area contributed by atoms with Crippen LogP contribution in [-0.4, -0.2) is 30.9 Å². The number of aromatic nitrogens is 1. The van der Waals surface area contributed by atoms with Gasteiger partial charge in [-0.05, 0) is 42.1 Å². The average molecular weight is 354 g/mol. The van der Waals surface area contributed by atoms with E-state index in [4.69, 9.17) is 5.73 Å². The molecule has 5 nitrogen and oxygen atoms in total. The molecule has 1 heterocycles. The largest absolute Gasteiger partial charge is 0.383 e. The zero-order valence-corrected chi connectivity index (χ0v) is 13.6. The maximum absolute atomic E-state index is 12.1. The Kier molecular flexibility index (Phi) is 5.05. The number of nitrogens with zero attached hydrogens (tertiary/aromatic N) is 1. The highest BCUT2D eigenvalue weighted by Crippen LogP contribution is 2.23. The summed E-state index contributed by atoms with van der Waals surface area (Å²) in [5.74, 6) is -0.00680. The number of rotatable bonds is 5. The Morgan fingerprint density at radius 3 is 2.72 bits per heavy atom. The van der Waals surface area contributed by atoms with Crippen LogP contribution in [0, 0.1) is 0 Å². The van der Waals surface area contributed by atoms with E-state index >= 15 is 0 Å². The lowest BCUT2D eigenvalue weighted by atomic mass is 10.2. The first kappa shape index (κ1) is 15.7. The standard InChI is InChI=1S/C10H16BrN3O2S2/c1-10(2,17-3)6-14-18(15,16)8-4-7(11)5-13-9(8)12/h4-5,14H,6H2,1-3H3,(H2,12,13). The number of hydrogen-bond donors (Lipinski definition) is 2. The van der Waals surface area contributed by atoms with E-state index in [2.05, 4.69) is 25.6 Å². The van der Waals surface area contributed by atoms with Crippen molar-refractivity contribution in [2.24, 2.45) is 0 Å². The van der Waals surface area contributed by atoms with Crippen molar-refractivity contribution in [3.63, 3.8) is 0 Å². The normalized spacial score (nSPS) is 12.7. The molecule has 1 aromatic rings. The number of nitrogens with one attached hydrogen (secondary N) is 1. The maximum Gasteiger partial charge on any atom is 0.244 e. The number of sulfonamides is 1. The predicted molar refractivity (Wildman–Crippen MR) is 79.1 cm³/mol. The first-order chi connectivity index (χ1) is 8.18. The Hall–Kier alpha value is -0.310. The Balaban J connectivity index is 2.97. The molecule has 0 atom stereocenters. The van der Waals surface area contributed by atoms with Gasteiger partial charge in [0.25, 0.3) is 0 Å². The summed E-state index contributed by atoms with van der Waals surface area (Å²) in [4.78, 5) is 3.81. The highest BCUT2D eigenvalue weighted by molar-refractivity contribution is 9.10. The van der Waals surface area contributed by atoms with Crippen molar-refractivity contribution < 1.29 is 8.42 Å². The number of nitrogens with two attached hydrogens (primary N) is 1. The topological polar surface area (TPSA) is 85.1 Å². The summed E-state index contributed by atoms with van der Waals surface area (Å²) in [7, 11) is -3.64. The molecular formula is C10H16BrN3O2S2. The summed E-state index contributed by atoms with van der Waals surface area (Å²) in [6.45, 7) is 4.24. The Bertz CT molecular complexity index is 532. The van der Waals surface area contributed by atoms with Crippen molar-refractivity contribution in [1.29, 1.82) is 0 Å². The van der Waals surface area contributed by atoms with Crippen molar-refractivity contribution in [3.05, 3.63) is 16.7 Å². The van der Waals surface area contributed by atoms with Gasteiger partial charge in [0, 0.05) is 22.0 Å². The average Bonchev–Trinajstić information content (AvgIpc) is 2.30. The van der Waals surface area contributed by atoms with Gasteiger partial charge < -0.3 is 5.73 Å². The van der Waals surface area contributed by atoms with Gasteiger partial charge in [-0.25, -0.2) is 18.1 Å². The number of anilines is 1. The van der Waals surface area contributed by atoms with Crippen LogP contribution in [0.1, 0.15) is 13.8 Å². The van der Waals surface area contributed by atoms with E-state index in [0.717, 1.165) is 0 Å². The summed E-state index contributed by atoms with van der Waals surface area (Å²) in [6.07, 6.45) is 3.39. The number of nitrogen functional groups attached to an aromatic ring is 1. The number of pyridine rings is 1. The molecule has 0 spiro atoms. The van der Waals surface area contributed by atoms with Crippen molar-refractivity contribution in [2.75, 3.05) is 18.5 Å². The molecule has 0 unspecified atom stereocenters. The number of thioether (sulfide) groups is 1. The minimum absolute atomic E-state index is 0.00576. The molecule has 0 aliphatic heterocycles. The Labute approximate surface area is 120 Å². The van der Waals surface area contributed by atoms with Crippen LogP contribution >= 0.6 is 27.7 Å². The van der Waals surface area contributed by atoms with Gasteiger partial charge in [-0.2, -0.15) is 11.8 Å². The van der Waals surface area contributed by atoms with Gasteiger partial charge >= 0.3 is 0 Å². The molecule has 0 amide bonds. The molecule has 0 aromatic carbocycles. The van der Waals surface area contributed by atoms with Gasteiger partial charge in [0.2, 0.25) is 10.0 Å². The molecule has 0 bridgehead atoms. The minimum atomic E-state index is -3.64. The van der Waals surface area contributed by atoms with Gasteiger partial charge in [-0.1, -0.05) is 0 Å². The third-order valence-electron chi connectivity index (χ3n) is 2.38. The smallest absolute Gasteiger partial charge is 0.244 e. The molecule has 1 rings (SSSR count).